The summed E-state index contributed by atoms with van der Waals surface area (Å²) in [5.41, 5.74) is 3.29. The predicted octanol–water partition coefficient (Wildman–Crippen LogP) is 3.41. The quantitative estimate of drug-likeness (QED) is 0.669. The van der Waals surface area contributed by atoms with Crippen molar-refractivity contribution in [1.82, 2.24) is 5.32 Å². The molecule has 2 rings (SSSR count). The average Bonchev–Trinajstić information content (AvgIpc) is 2.46. The van der Waals surface area contributed by atoms with E-state index in [1.165, 1.54) is 11.1 Å². The Balaban J connectivity index is 2.32. The van der Waals surface area contributed by atoms with Gasteiger partial charge in [0, 0.05) is 17.7 Å². The van der Waals surface area contributed by atoms with Crippen LogP contribution in [0.2, 0.25) is 0 Å². The van der Waals surface area contributed by atoms with E-state index < -0.39 is 0 Å². The van der Waals surface area contributed by atoms with Crippen LogP contribution in [0.15, 0.2) is 48.5 Å². The molecular formula is C16H18N2O2. The van der Waals surface area contributed by atoms with Gasteiger partial charge in [-0.15, -0.1) is 0 Å². The standard InChI is InChI=1S/C16H18N2O2/c1-12-7-3-5-9-14(12)15(17-2)11-13-8-4-6-10-16(13)18(19)20/h3-10,15,17H,11H2,1-2H3. The topological polar surface area (TPSA) is 55.2 Å². The highest BCUT2D eigenvalue weighted by atomic mass is 16.6. The highest BCUT2D eigenvalue weighted by Crippen LogP contribution is 2.26. The largest absolute Gasteiger partial charge is 0.313 e. The first-order valence-electron chi connectivity index (χ1n) is 6.58. The van der Waals surface area contributed by atoms with Crippen molar-refractivity contribution in [2.24, 2.45) is 0 Å². The zero-order valence-corrected chi connectivity index (χ0v) is 11.7. The summed E-state index contributed by atoms with van der Waals surface area (Å²) in [5, 5.41) is 14.3. The lowest BCUT2D eigenvalue weighted by Crippen LogP contribution is -2.20. The number of likely N-dealkylation sites (N-methyl/N-ethyl adjacent to an activating group) is 1. The monoisotopic (exact) mass is 270 g/mol. The van der Waals surface area contributed by atoms with Crippen LogP contribution < -0.4 is 5.32 Å². The van der Waals surface area contributed by atoms with E-state index in [-0.39, 0.29) is 16.7 Å². The fourth-order valence-corrected chi connectivity index (χ4v) is 2.43. The van der Waals surface area contributed by atoms with Crippen LogP contribution in [0, 0.1) is 17.0 Å². The van der Waals surface area contributed by atoms with Crippen molar-refractivity contribution >= 4 is 5.69 Å². The minimum Gasteiger partial charge on any atom is -0.313 e. The Labute approximate surface area is 118 Å². The van der Waals surface area contributed by atoms with E-state index in [1.54, 1.807) is 12.1 Å². The minimum absolute atomic E-state index is 0.0669. The molecule has 1 unspecified atom stereocenters. The van der Waals surface area contributed by atoms with E-state index in [4.69, 9.17) is 0 Å². The molecule has 0 aliphatic heterocycles. The molecule has 2 aromatic carbocycles. The number of para-hydroxylation sites is 1. The fourth-order valence-electron chi connectivity index (χ4n) is 2.43. The SMILES string of the molecule is CNC(Cc1ccccc1[N+](=O)[O-])c1ccccc1C. The average molecular weight is 270 g/mol. The molecule has 0 aliphatic rings. The summed E-state index contributed by atoms with van der Waals surface area (Å²) in [6, 6.07) is 15.1. The van der Waals surface area contributed by atoms with Crippen molar-refractivity contribution in [2.45, 2.75) is 19.4 Å². The molecule has 0 saturated carbocycles. The first-order chi connectivity index (χ1) is 9.63. The van der Waals surface area contributed by atoms with E-state index in [0.717, 1.165) is 5.56 Å². The lowest BCUT2D eigenvalue weighted by Gasteiger charge is -2.19. The third-order valence-electron chi connectivity index (χ3n) is 3.52. The first kappa shape index (κ1) is 14.2. The van der Waals surface area contributed by atoms with Crippen LogP contribution in [0.1, 0.15) is 22.7 Å². The van der Waals surface area contributed by atoms with Crippen molar-refractivity contribution in [3.63, 3.8) is 0 Å². The highest BCUT2D eigenvalue weighted by molar-refractivity contribution is 5.41. The number of nitrogens with one attached hydrogen (secondary N) is 1. The van der Waals surface area contributed by atoms with Gasteiger partial charge in [-0.2, -0.15) is 0 Å². The molecule has 0 radical (unpaired) electrons. The van der Waals surface area contributed by atoms with Gasteiger partial charge < -0.3 is 5.32 Å². The summed E-state index contributed by atoms with van der Waals surface area (Å²) in [7, 11) is 1.88. The van der Waals surface area contributed by atoms with Gasteiger partial charge >= 0.3 is 0 Å². The number of aryl methyl sites for hydroxylation is 1. The van der Waals surface area contributed by atoms with Crippen LogP contribution in [0.5, 0.6) is 0 Å². The Kier molecular flexibility index (Phi) is 4.48. The molecule has 2 aromatic rings. The van der Waals surface area contributed by atoms with Gasteiger partial charge in [0.15, 0.2) is 0 Å². The second-order valence-electron chi connectivity index (χ2n) is 4.79. The normalized spacial score (nSPS) is 12.1. The summed E-state index contributed by atoms with van der Waals surface area (Å²) in [5.74, 6) is 0. The fraction of sp³-hybridized carbons (Fsp3) is 0.250. The van der Waals surface area contributed by atoms with Gasteiger partial charge in [-0.1, -0.05) is 42.5 Å². The zero-order valence-electron chi connectivity index (χ0n) is 11.7. The number of nitro benzene ring substituents is 1. The van der Waals surface area contributed by atoms with Crippen LogP contribution >= 0.6 is 0 Å². The smallest absolute Gasteiger partial charge is 0.272 e. The number of nitrogens with zero attached hydrogens (tertiary/aromatic N) is 1. The molecule has 0 amide bonds. The number of rotatable bonds is 5. The van der Waals surface area contributed by atoms with Crippen molar-refractivity contribution in [3.05, 3.63) is 75.3 Å². The molecule has 4 nitrogen and oxygen atoms in total. The number of nitro groups is 1. The predicted molar refractivity (Wildman–Crippen MR) is 79.8 cm³/mol. The Bertz CT molecular complexity index is 611. The van der Waals surface area contributed by atoms with Crippen LogP contribution in [-0.4, -0.2) is 12.0 Å². The van der Waals surface area contributed by atoms with Crippen molar-refractivity contribution < 1.29 is 4.92 Å². The third-order valence-corrected chi connectivity index (χ3v) is 3.52. The lowest BCUT2D eigenvalue weighted by atomic mass is 9.95. The molecule has 1 atom stereocenters. The second kappa shape index (κ2) is 6.30. The van der Waals surface area contributed by atoms with E-state index in [0.29, 0.717) is 6.42 Å². The summed E-state index contributed by atoms with van der Waals surface area (Å²) in [6.07, 6.45) is 0.596. The van der Waals surface area contributed by atoms with Crippen molar-refractivity contribution in [2.75, 3.05) is 7.05 Å². The molecule has 0 spiro atoms. The summed E-state index contributed by atoms with van der Waals surface area (Å²) >= 11 is 0. The zero-order chi connectivity index (χ0) is 14.5. The Morgan fingerprint density at radius 2 is 1.80 bits per heavy atom. The van der Waals surface area contributed by atoms with E-state index >= 15 is 0 Å². The molecule has 0 aliphatic carbocycles. The molecule has 0 heterocycles. The number of hydrogen-bond acceptors (Lipinski definition) is 3. The van der Waals surface area contributed by atoms with E-state index in [2.05, 4.69) is 24.4 Å². The highest BCUT2D eigenvalue weighted by Gasteiger charge is 2.18. The minimum atomic E-state index is -0.320. The maximum absolute atomic E-state index is 11.1. The second-order valence-corrected chi connectivity index (χ2v) is 4.79. The summed E-state index contributed by atoms with van der Waals surface area (Å²) in [6.45, 7) is 2.05. The van der Waals surface area contributed by atoms with Crippen LogP contribution in [0.3, 0.4) is 0 Å². The van der Waals surface area contributed by atoms with Gasteiger partial charge in [0.25, 0.3) is 5.69 Å². The molecule has 4 heteroatoms. The van der Waals surface area contributed by atoms with E-state index in [9.17, 15) is 10.1 Å². The molecule has 1 N–H and O–H groups in total. The Hall–Kier alpha value is -2.20. The summed E-state index contributed by atoms with van der Waals surface area (Å²) in [4.78, 5) is 10.8. The molecule has 0 saturated heterocycles. The van der Waals surface area contributed by atoms with E-state index in [1.807, 2.05) is 31.3 Å². The van der Waals surface area contributed by atoms with Gasteiger partial charge in [-0.25, -0.2) is 0 Å². The molecule has 0 fully saturated rings. The maximum atomic E-state index is 11.1. The van der Waals surface area contributed by atoms with Gasteiger partial charge in [0.05, 0.1) is 4.92 Å². The third kappa shape index (κ3) is 3.03. The molecule has 20 heavy (non-hydrogen) atoms. The lowest BCUT2D eigenvalue weighted by molar-refractivity contribution is -0.385. The molecule has 104 valence electrons. The number of hydrogen-bond donors (Lipinski definition) is 1. The Morgan fingerprint density at radius 1 is 1.15 bits per heavy atom. The van der Waals surface area contributed by atoms with Gasteiger partial charge in [-0.3, -0.25) is 10.1 Å². The first-order valence-corrected chi connectivity index (χ1v) is 6.58. The maximum Gasteiger partial charge on any atom is 0.272 e. The molecular weight excluding hydrogens is 252 g/mol. The van der Waals surface area contributed by atoms with Crippen LogP contribution in [0.25, 0.3) is 0 Å². The molecule has 0 aromatic heterocycles. The van der Waals surface area contributed by atoms with Gasteiger partial charge in [0.1, 0.15) is 0 Å². The van der Waals surface area contributed by atoms with Crippen LogP contribution in [0.4, 0.5) is 5.69 Å². The summed E-state index contributed by atoms with van der Waals surface area (Å²) < 4.78 is 0. The Morgan fingerprint density at radius 3 is 2.45 bits per heavy atom. The van der Waals surface area contributed by atoms with Crippen molar-refractivity contribution in [1.29, 1.82) is 0 Å². The number of benzene rings is 2. The van der Waals surface area contributed by atoms with Gasteiger partial charge in [-0.05, 0) is 31.5 Å². The molecule has 0 bridgehead atoms. The van der Waals surface area contributed by atoms with Crippen molar-refractivity contribution in [3.8, 4) is 0 Å². The van der Waals surface area contributed by atoms with Gasteiger partial charge in [0.2, 0.25) is 0 Å². The van der Waals surface area contributed by atoms with Crippen LogP contribution in [-0.2, 0) is 6.42 Å².